The predicted octanol–water partition coefficient (Wildman–Crippen LogP) is 2.32. The fourth-order valence-electron chi connectivity index (χ4n) is 1.35. The van der Waals surface area contributed by atoms with E-state index >= 15 is 0 Å². The summed E-state index contributed by atoms with van der Waals surface area (Å²) in [6.07, 6.45) is 0.0232. The van der Waals surface area contributed by atoms with E-state index in [1.165, 1.54) is 17.0 Å². The Labute approximate surface area is 105 Å². The molecule has 94 valence electrons. The Kier molecular flexibility index (Phi) is 4.90. The van der Waals surface area contributed by atoms with Crippen molar-refractivity contribution in [1.29, 1.82) is 0 Å². The van der Waals surface area contributed by atoms with Gasteiger partial charge < -0.3 is 10.0 Å². The number of hydrogen-bond acceptors (Lipinski definition) is 2. The Bertz CT molecular complexity index is 409. The van der Waals surface area contributed by atoms with E-state index in [4.69, 9.17) is 16.7 Å². The van der Waals surface area contributed by atoms with Crippen molar-refractivity contribution in [2.75, 3.05) is 13.6 Å². The molecule has 1 aromatic rings. The van der Waals surface area contributed by atoms with Gasteiger partial charge in [0.25, 0.3) is 5.91 Å². The highest BCUT2D eigenvalue weighted by Gasteiger charge is 2.15. The highest BCUT2D eigenvalue weighted by atomic mass is 35.5. The van der Waals surface area contributed by atoms with Gasteiger partial charge in [-0.15, -0.1) is 0 Å². The number of rotatable bonds is 4. The zero-order valence-electron chi connectivity index (χ0n) is 9.78. The number of benzene rings is 1. The van der Waals surface area contributed by atoms with Crippen LogP contribution in [0.4, 0.5) is 4.39 Å². The Morgan fingerprint density at radius 3 is 2.76 bits per heavy atom. The van der Waals surface area contributed by atoms with Gasteiger partial charge in [0.2, 0.25) is 0 Å². The fourth-order valence-corrected chi connectivity index (χ4v) is 1.60. The molecule has 17 heavy (non-hydrogen) atoms. The molecule has 1 aromatic carbocycles. The van der Waals surface area contributed by atoms with E-state index in [1.807, 2.05) is 0 Å². The van der Waals surface area contributed by atoms with Gasteiger partial charge in [0.05, 0.1) is 16.7 Å². The third-order valence-corrected chi connectivity index (χ3v) is 2.70. The Balaban J connectivity index is 2.75. The van der Waals surface area contributed by atoms with E-state index in [-0.39, 0.29) is 16.5 Å². The van der Waals surface area contributed by atoms with Crippen LogP contribution in [0.3, 0.4) is 0 Å². The number of aliphatic hydroxyl groups excluding tert-OH is 1. The van der Waals surface area contributed by atoms with Gasteiger partial charge in [-0.25, -0.2) is 4.39 Å². The van der Waals surface area contributed by atoms with Crippen molar-refractivity contribution in [1.82, 2.24) is 4.90 Å². The summed E-state index contributed by atoms with van der Waals surface area (Å²) in [6.45, 7) is 2.08. The summed E-state index contributed by atoms with van der Waals surface area (Å²) in [5.41, 5.74) is 0.265. The fraction of sp³-hybridized carbons (Fsp3) is 0.417. The van der Waals surface area contributed by atoms with Crippen LogP contribution in [0.2, 0.25) is 5.02 Å². The van der Waals surface area contributed by atoms with Crippen molar-refractivity contribution >= 4 is 17.5 Å². The number of nitrogens with zero attached hydrogens (tertiary/aromatic N) is 1. The minimum atomic E-state index is -0.474. The van der Waals surface area contributed by atoms with Crippen molar-refractivity contribution in [3.05, 3.63) is 34.6 Å². The molecule has 0 aliphatic rings. The Hall–Kier alpha value is -1.13. The van der Waals surface area contributed by atoms with Crippen molar-refractivity contribution in [2.24, 2.45) is 0 Å². The van der Waals surface area contributed by atoms with Crippen molar-refractivity contribution < 1.29 is 14.3 Å². The molecule has 3 nitrogen and oxygen atoms in total. The topological polar surface area (TPSA) is 40.5 Å². The normalized spacial score (nSPS) is 12.3. The standard InChI is InChI=1S/C12H15ClFNO2/c1-8(16)5-6-15(2)12(17)10-4-3-9(14)7-11(10)13/h3-4,7-8,16H,5-6H2,1-2H3. The molecule has 1 amide bonds. The third kappa shape index (κ3) is 3.98. The average Bonchev–Trinajstić information content (AvgIpc) is 2.25. The molecule has 0 aromatic heterocycles. The largest absolute Gasteiger partial charge is 0.393 e. The first-order valence-electron chi connectivity index (χ1n) is 5.30. The number of carbonyl (C=O) groups is 1. The summed E-state index contributed by atoms with van der Waals surface area (Å²) in [5.74, 6) is -0.756. The van der Waals surface area contributed by atoms with Crippen LogP contribution in [0.5, 0.6) is 0 Å². The van der Waals surface area contributed by atoms with E-state index in [9.17, 15) is 9.18 Å². The summed E-state index contributed by atoms with van der Waals surface area (Å²) >= 11 is 5.79. The van der Waals surface area contributed by atoms with Gasteiger partial charge in [0, 0.05) is 13.6 Å². The van der Waals surface area contributed by atoms with E-state index in [0.29, 0.717) is 13.0 Å². The quantitative estimate of drug-likeness (QED) is 0.902. The average molecular weight is 260 g/mol. The van der Waals surface area contributed by atoms with Gasteiger partial charge in [-0.05, 0) is 31.5 Å². The van der Waals surface area contributed by atoms with Gasteiger partial charge >= 0.3 is 0 Å². The summed E-state index contributed by atoms with van der Waals surface area (Å²) in [5, 5.41) is 9.23. The first-order valence-corrected chi connectivity index (χ1v) is 5.68. The first kappa shape index (κ1) is 13.9. The SMILES string of the molecule is CC(O)CCN(C)C(=O)c1ccc(F)cc1Cl. The molecule has 0 radical (unpaired) electrons. The van der Waals surface area contributed by atoms with Crippen LogP contribution in [0.15, 0.2) is 18.2 Å². The molecular weight excluding hydrogens is 245 g/mol. The van der Waals surface area contributed by atoms with Crippen LogP contribution in [0.25, 0.3) is 0 Å². The Morgan fingerprint density at radius 1 is 1.59 bits per heavy atom. The van der Waals surface area contributed by atoms with Gasteiger partial charge in [0.1, 0.15) is 5.82 Å². The smallest absolute Gasteiger partial charge is 0.255 e. The molecule has 0 saturated heterocycles. The summed E-state index contributed by atoms with van der Waals surface area (Å²) in [4.78, 5) is 13.4. The lowest BCUT2D eigenvalue weighted by Gasteiger charge is -2.18. The maximum Gasteiger partial charge on any atom is 0.255 e. The predicted molar refractivity (Wildman–Crippen MR) is 64.7 cm³/mol. The molecule has 5 heteroatoms. The molecule has 0 heterocycles. The summed E-state index contributed by atoms with van der Waals surface area (Å²) in [6, 6.07) is 3.66. The van der Waals surface area contributed by atoms with Crippen LogP contribution in [0.1, 0.15) is 23.7 Å². The molecule has 0 bridgehead atoms. The summed E-state index contributed by atoms with van der Waals surface area (Å²) in [7, 11) is 1.62. The zero-order chi connectivity index (χ0) is 13.0. The lowest BCUT2D eigenvalue weighted by atomic mass is 10.2. The van der Waals surface area contributed by atoms with Crippen molar-refractivity contribution in [2.45, 2.75) is 19.4 Å². The number of hydrogen-bond donors (Lipinski definition) is 1. The molecule has 0 aliphatic carbocycles. The molecule has 0 spiro atoms. The second-order valence-corrected chi connectivity index (χ2v) is 4.40. The molecule has 1 atom stereocenters. The van der Waals surface area contributed by atoms with Crippen LogP contribution in [-0.4, -0.2) is 35.6 Å². The first-order chi connectivity index (χ1) is 7.91. The van der Waals surface area contributed by atoms with E-state index in [0.717, 1.165) is 6.07 Å². The molecule has 0 fully saturated rings. The van der Waals surface area contributed by atoms with Crippen LogP contribution in [-0.2, 0) is 0 Å². The molecular formula is C12H15ClFNO2. The molecule has 0 aliphatic heterocycles. The second kappa shape index (κ2) is 5.98. The van der Waals surface area contributed by atoms with Gasteiger partial charge in [-0.1, -0.05) is 11.6 Å². The maximum absolute atomic E-state index is 12.8. The number of halogens is 2. The third-order valence-electron chi connectivity index (χ3n) is 2.39. The van der Waals surface area contributed by atoms with E-state index < -0.39 is 11.9 Å². The van der Waals surface area contributed by atoms with Gasteiger partial charge in [-0.3, -0.25) is 4.79 Å². The highest BCUT2D eigenvalue weighted by Crippen LogP contribution is 2.18. The van der Waals surface area contributed by atoms with Crippen LogP contribution in [0, 0.1) is 5.82 Å². The number of carbonyl (C=O) groups excluding carboxylic acids is 1. The summed E-state index contributed by atoms with van der Waals surface area (Å²) < 4.78 is 12.8. The van der Waals surface area contributed by atoms with Crippen molar-refractivity contribution in [3.8, 4) is 0 Å². The molecule has 1 unspecified atom stereocenters. The van der Waals surface area contributed by atoms with Crippen LogP contribution >= 0.6 is 11.6 Å². The van der Waals surface area contributed by atoms with Gasteiger partial charge in [-0.2, -0.15) is 0 Å². The zero-order valence-corrected chi connectivity index (χ0v) is 10.5. The monoisotopic (exact) mass is 259 g/mol. The van der Waals surface area contributed by atoms with E-state index in [2.05, 4.69) is 0 Å². The van der Waals surface area contributed by atoms with E-state index in [1.54, 1.807) is 14.0 Å². The lowest BCUT2D eigenvalue weighted by molar-refractivity contribution is 0.0769. The molecule has 1 N–H and O–H groups in total. The Morgan fingerprint density at radius 2 is 2.24 bits per heavy atom. The minimum Gasteiger partial charge on any atom is -0.393 e. The van der Waals surface area contributed by atoms with Gasteiger partial charge in [0.15, 0.2) is 0 Å². The number of amides is 1. The molecule has 1 rings (SSSR count). The number of aliphatic hydroxyl groups is 1. The lowest BCUT2D eigenvalue weighted by Crippen LogP contribution is -2.29. The van der Waals surface area contributed by atoms with Crippen LogP contribution < -0.4 is 0 Å². The maximum atomic E-state index is 12.8. The second-order valence-electron chi connectivity index (χ2n) is 3.99. The highest BCUT2D eigenvalue weighted by molar-refractivity contribution is 6.33. The molecule has 0 saturated carbocycles. The minimum absolute atomic E-state index is 0.0962. The van der Waals surface area contributed by atoms with Crippen molar-refractivity contribution in [3.63, 3.8) is 0 Å².